The van der Waals surface area contributed by atoms with Crippen molar-refractivity contribution < 1.29 is 19.1 Å². The van der Waals surface area contributed by atoms with Gasteiger partial charge in [0.15, 0.2) is 0 Å². The number of nitrogens with one attached hydrogen (secondary N) is 1. The van der Waals surface area contributed by atoms with Crippen molar-refractivity contribution >= 4 is 11.9 Å². The summed E-state index contributed by atoms with van der Waals surface area (Å²) >= 11 is 0. The highest BCUT2D eigenvalue weighted by atomic mass is 16.4. The molecule has 1 fully saturated rings. The van der Waals surface area contributed by atoms with Gasteiger partial charge in [-0.1, -0.05) is 0 Å². The van der Waals surface area contributed by atoms with E-state index in [4.69, 9.17) is 9.52 Å². The van der Waals surface area contributed by atoms with Crippen LogP contribution in [0.4, 0.5) is 0 Å². The minimum absolute atomic E-state index is 0.0714. The largest absolute Gasteiger partial charge is 0.481 e. The summed E-state index contributed by atoms with van der Waals surface area (Å²) in [6, 6.07) is 3.93. The molecule has 0 aliphatic heterocycles. The molecule has 0 unspecified atom stereocenters. The van der Waals surface area contributed by atoms with E-state index < -0.39 is 5.97 Å². The molecule has 1 aliphatic carbocycles. The topological polar surface area (TPSA) is 82.8 Å². The van der Waals surface area contributed by atoms with Gasteiger partial charge in [0, 0.05) is 12.6 Å². The Hall–Kier alpha value is -1.82. The van der Waals surface area contributed by atoms with Crippen LogP contribution in [0.5, 0.6) is 0 Å². The van der Waals surface area contributed by atoms with Crippen molar-refractivity contribution in [3.05, 3.63) is 24.2 Å². The van der Waals surface area contributed by atoms with E-state index in [0.717, 1.165) is 12.8 Å². The number of rotatable bonds is 8. The van der Waals surface area contributed by atoms with Gasteiger partial charge in [-0.15, -0.1) is 0 Å². The zero-order chi connectivity index (χ0) is 13.7. The second-order valence-electron chi connectivity index (χ2n) is 4.70. The molecule has 1 aromatic rings. The van der Waals surface area contributed by atoms with E-state index in [9.17, 15) is 9.59 Å². The second-order valence-corrected chi connectivity index (χ2v) is 4.70. The highest BCUT2D eigenvalue weighted by Crippen LogP contribution is 2.26. The Morgan fingerprint density at radius 2 is 2.26 bits per heavy atom. The van der Waals surface area contributed by atoms with Crippen LogP contribution in [-0.2, 0) is 16.1 Å². The summed E-state index contributed by atoms with van der Waals surface area (Å²) in [6.07, 6.45) is 3.73. The van der Waals surface area contributed by atoms with Crippen LogP contribution >= 0.6 is 0 Å². The summed E-state index contributed by atoms with van der Waals surface area (Å²) in [7, 11) is 0. The summed E-state index contributed by atoms with van der Waals surface area (Å²) in [4.78, 5) is 24.3. The fourth-order valence-corrected chi connectivity index (χ4v) is 1.91. The molecule has 104 valence electrons. The van der Waals surface area contributed by atoms with E-state index in [1.54, 1.807) is 18.4 Å². The first-order chi connectivity index (χ1) is 9.15. The molecular weight excluding hydrogens is 248 g/mol. The first kappa shape index (κ1) is 13.6. The van der Waals surface area contributed by atoms with Gasteiger partial charge < -0.3 is 14.8 Å². The number of nitrogens with zero attached hydrogens (tertiary/aromatic N) is 1. The quantitative estimate of drug-likeness (QED) is 0.728. The molecule has 2 N–H and O–H groups in total. The number of amides is 1. The van der Waals surface area contributed by atoms with Crippen molar-refractivity contribution in [2.45, 2.75) is 31.8 Å². The number of carbonyl (C=O) groups is 2. The molecule has 0 aromatic carbocycles. The molecular formula is C13H18N2O4. The smallest absolute Gasteiger partial charge is 0.304 e. The molecule has 1 aliphatic rings. The third-order valence-electron chi connectivity index (χ3n) is 3.06. The number of carboxylic acid groups (broad SMARTS) is 1. The lowest BCUT2D eigenvalue weighted by atomic mass is 10.3. The van der Waals surface area contributed by atoms with Crippen LogP contribution in [0, 0.1) is 0 Å². The van der Waals surface area contributed by atoms with Crippen molar-refractivity contribution in [2.24, 2.45) is 0 Å². The van der Waals surface area contributed by atoms with Gasteiger partial charge in [-0.3, -0.25) is 14.5 Å². The molecule has 0 spiro atoms. The van der Waals surface area contributed by atoms with E-state index in [1.807, 2.05) is 4.90 Å². The average molecular weight is 266 g/mol. The molecule has 1 amide bonds. The van der Waals surface area contributed by atoms with Gasteiger partial charge in [-0.25, -0.2) is 0 Å². The van der Waals surface area contributed by atoms with Crippen molar-refractivity contribution in [1.82, 2.24) is 10.2 Å². The monoisotopic (exact) mass is 266 g/mol. The zero-order valence-corrected chi connectivity index (χ0v) is 10.7. The minimum atomic E-state index is -0.832. The molecule has 0 bridgehead atoms. The predicted molar refractivity (Wildman–Crippen MR) is 67.4 cm³/mol. The zero-order valence-electron chi connectivity index (χ0n) is 10.7. The number of hydrogen-bond donors (Lipinski definition) is 2. The van der Waals surface area contributed by atoms with Gasteiger partial charge >= 0.3 is 5.97 Å². The van der Waals surface area contributed by atoms with E-state index in [1.165, 1.54) is 0 Å². The van der Waals surface area contributed by atoms with Crippen LogP contribution in [0.3, 0.4) is 0 Å². The molecule has 1 aromatic heterocycles. The summed E-state index contributed by atoms with van der Waals surface area (Å²) in [5.41, 5.74) is 0. The normalized spacial score (nSPS) is 14.6. The number of carboxylic acids is 1. The van der Waals surface area contributed by atoms with Gasteiger partial charge in [0.1, 0.15) is 5.76 Å². The van der Waals surface area contributed by atoms with Crippen LogP contribution in [0.2, 0.25) is 0 Å². The molecule has 6 heteroatoms. The molecule has 0 atom stereocenters. The van der Waals surface area contributed by atoms with Crippen LogP contribution in [-0.4, -0.2) is 41.0 Å². The molecule has 1 heterocycles. The number of carbonyl (C=O) groups excluding carboxylic acids is 1. The minimum Gasteiger partial charge on any atom is -0.481 e. The summed E-state index contributed by atoms with van der Waals surface area (Å²) in [6.45, 7) is 1.04. The SMILES string of the molecule is O=C(O)CCN(CC(=O)NCc1ccco1)C1CC1. The molecule has 0 radical (unpaired) electrons. The second kappa shape index (κ2) is 6.38. The first-order valence-electron chi connectivity index (χ1n) is 6.40. The average Bonchev–Trinajstić information content (AvgIpc) is 3.08. The summed E-state index contributed by atoms with van der Waals surface area (Å²) < 4.78 is 5.12. The summed E-state index contributed by atoms with van der Waals surface area (Å²) in [5.74, 6) is -0.229. The third kappa shape index (κ3) is 4.75. The van der Waals surface area contributed by atoms with Gasteiger partial charge in [-0.2, -0.15) is 0 Å². The predicted octanol–water partition coefficient (Wildman–Crippen LogP) is 0.835. The van der Waals surface area contributed by atoms with Crippen molar-refractivity contribution in [1.29, 1.82) is 0 Å². The third-order valence-corrected chi connectivity index (χ3v) is 3.06. The van der Waals surface area contributed by atoms with Gasteiger partial charge in [-0.05, 0) is 25.0 Å². The highest BCUT2D eigenvalue weighted by Gasteiger charge is 2.30. The van der Waals surface area contributed by atoms with Gasteiger partial charge in [0.05, 0.1) is 25.8 Å². The van der Waals surface area contributed by atoms with Crippen LogP contribution in [0.25, 0.3) is 0 Å². The highest BCUT2D eigenvalue weighted by molar-refractivity contribution is 5.78. The Morgan fingerprint density at radius 3 is 2.84 bits per heavy atom. The maximum atomic E-state index is 11.8. The van der Waals surface area contributed by atoms with Crippen LogP contribution in [0.1, 0.15) is 25.0 Å². The number of aliphatic carboxylic acids is 1. The summed E-state index contributed by atoms with van der Waals surface area (Å²) in [5, 5.41) is 11.5. The molecule has 1 saturated carbocycles. The fourth-order valence-electron chi connectivity index (χ4n) is 1.91. The van der Waals surface area contributed by atoms with Crippen LogP contribution in [0.15, 0.2) is 22.8 Å². The molecule has 0 saturated heterocycles. The standard InChI is InChI=1S/C13H18N2O4/c16-12(14-8-11-2-1-7-19-11)9-15(10-3-4-10)6-5-13(17)18/h1-2,7,10H,3-6,8-9H2,(H,14,16)(H,17,18). The van der Waals surface area contributed by atoms with Crippen molar-refractivity contribution in [3.8, 4) is 0 Å². The number of hydrogen-bond acceptors (Lipinski definition) is 4. The van der Waals surface area contributed by atoms with Gasteiger partial charge in [0.2, 0.25) is 5.91 Å². The lowest BCUT2D eigenvalue weighted by Crippen LogP contribution is -2.39. The molecule has 19 heavy (non-hydrogen) atoms. The van der Waals surface area contributed by atoms with E-state index in [2.05, 4.69) is 5.32 Å². The maximum absolute atomic E-state index is 11.8. The lowest BCUT2D eigenvalue weighted by molar-refractivity contribution is -0.137. The Labute approximate surface area is 111 Å². The Kier molecular flexibility index (Phi) is 4.57. The van der Waals surface area contributed by atoms with Crippen molar-refractivity contribution in [3.63, 3.8) is 0 Å². The molecule has 6 nitrogen and oxygen atoms in total. The maximum Gasteiger partial charge on any atom is 0.304 e. The molecule has 2 rings (SSSR count). The van der Waals surface area contributed by atoms with E-state index >= 15 is 0 Å². The fraction of sp³-hybridized carbons (Fsp3) is 0.538. The number of furan rings is 1. The van der Waals surface area contributed by atoms with E-state index in [-0.39, 0.29) is 18.9 Å². The Balaban J connectivity index is 1.73. The van der Waals surface area contributed by atoms with Crippen molar-refractivity contribution in [2.75, 3.05) is 13.1 Å². The van der Waals surface area contributed by atoms with E-state index in [0.29, 0.717) is 24.9 Å². The van der Waals surface area contributed by atoms with Gasteiger partial charge in [0.25, 0.3) is 0 Å². The Bertz CT molecular complexity index is 426. The first-order valence-corrected chi connectivity index (χ1v) is 6.40. The Morgan fingerprint density at radius 1 is 1.47 bits per heavy atom. The van der Waals surface area contributed by atoms with Crippen LogP contribution < -0.4 is 5.32 Å². The lowest BCUT2D eigenvalue weighted by Gasteiger charge is -2.20.